The SMILES string of the molecule is OCCC[C@H](O)c1cccc2ccccc12. The van der Waals surface area contributed by atoms with Crippen molar-refractivity contribution in [2.24, 2.45) is 0 Å². The van der Waals surface area contributed by atoms with Crippen LogP contribution in [0.25, 0.3) is 10.8 Å². The van der Waals surface area contributed by atoms with E-state index in [-0.39, 0.29) is 6.61 Å². The Balaban J connectivity index is 2.36. The van der Waals surface area contributed by atoms with E-state index < -0.39 is 6.10 Å². The maximum absolute atomic E-state index is 10.0. The second kappa shape index (κ2) is 5.10. The molecular formula is C14H16O2. The second-order valence-electron chi connectivity index (χ2n) is 3.95. The van der Waals surface area contributed by atoms with Crippen LogP contribution < -0.4 is 0 Å². The van der Waals surface area contributed by atoms with Crippen molar-refractivity contribution >= 4 is 10.8 Å². The van der Waals surface area contributed by atoms with Crippen LogP contribution in [0, 0.1) is 0 Å². The number of aliphatic hydroxyl groups excluding tert-OH is 2. The number of hydrogen-bond acceptors (Lipinski definition) is 2. The van der Waals surface area contributed by atoms with Crippen LogP contribution in [0.5, 0.6) is 0 Å². The van der Waals surface area contributed by atoms with Crippen molar-refractivity contribution < 1.29 is 10.2 Å². The first-order valence-electron chi connectivity index (χ1n) is 5.59. The highest BCUT2D eigenvalue weighted by Crippen LogP contribution is 2.26. The largest absolute Gasteiger partial charge is 0.396 e. The van der Waals surface area contributed by atoms with Crippen LogP contribution >= 0.6 is 0 Å². The zero-order valence-corrected chi connectivity index (χ0v) is 9.13. The van der Waals surface area contributed by atoms with Crippen LogP contribution in [0.3, 0.4) is 0 Å². The third kappa shape index (κ3) is 2.23. The molecule has 0 aliphatic rings. The molecule has 0 radical (unpaired) electrons. The van der Waals surface area contributed by atoms with E-state index in [1.807, 2.05) is 42.5 Å². The molecule has 0 spiro atoms. The molecule has 1 atom stereocenters. The number of fused-ring (bicyclic) bond motifs is 1. The van der Waals surface area contributed by atoms with Gasteiger partial charge >= 0.3 is 0 Å². The van der Waals surface area contributed by atoms with Gasteiger partial charge in [0.05, 0.1) is 6.10 Å². The van der Waals surface area contributed by atoms with Crippen LogP contribution in [0.1, 0.15) is 24.5 Å². The second-order valence-corrected chi connectivity index (χ2v) is 3.95. The lowest BCUT2D eigenvalue weighted by Crippen LogP contribution is -1.99. The zero-order chi connectivity index (χ0) is 11.4. The summed E-state index contributed by atoms with van der Waals surface area (Å²) >= 11 is 0. The van der Waals surface area contributed by atoms with Crippen molar-refractivity contribution in [3.8, 4) is 0 Å². The number of benzene rings is 2. The highest BCUT2D eigenvalue weighted by molar-refractivity contribution is 5.85. The molecule has 0 heterocycles. The minimum Gasteiger partial charge on any atom is -0.396 e. The highest BCUT2D eigenvalue weighted by Gasteiger charge is 2.09. The number of rotatable bonds is 4. The monoisotopic (exact) mass is 216 g/mol. The Morgan fingerprint density at radius 3 is 2.56 bits per heavy atom. The van der Waals surface area contributed by atoms with Gasteiger partial charge in [-0.1, -0.05) is 42.5 Å². The van der Waals surface area contributed by atoms with E-state index in [1.165, 1.54) is 0 Å². The molecule has 84 valence electrons. The quantitative estimate of drug-likeness (QED) is 0.824. The smallest absolute Gasteiger partial charge is 0.0796 e. The van der Waals surface area contributed by atoms with Crippen LogP contribution in [0.15, 0.2) is 42.5 Å². The molecular weight excluding hydrogens is 200 g/mol. The van der Waals surface area contributed by atoms with Gasteiger partial charge in [0, 0.05) is 6.61 Å². The predicted molar refractivity (Wildman–Crippen MR) is 65.2 cm³/mol. The topological polar surface area (TPSA) is 40.5 Å². The molecule has 0 saturated carbocycles. The van der Waals surface area contributed by atoms with Crippen molar-refractivity contribution in [3.63, 3.8) is 0 Å². The molecule has 0 aliphatic carbocycles. The zero-order valence-electron chi connectivity index (χ0n) is 9.13. The first-order chi connectivity index (χ1) is 7.83. The summed E-state index contributed by atoms with van der Waals surface area (Å²) in [5.74, 6) is 0. The van der Waals surface area contributed by atoms with Gasteiger partial charge in [0.2, 0.25) is 0 Å². The maximum Gasteiger partial charge on any atom is 0.0796 e. The molecule has 0 amide bonds. The summed E-state index contributed by atoms with van der Waals surface area (Å²) < 4.78 is 0. The van der Waals surface area contributed by atoms with Gasteiger partial charge in [0.25, 0.3) is 0 Å². The summed E-state index contributed by atoms with van der Waals surface area (Å²) in [4.78, 5) is 0. The van der Waals surface area contributed by atoms with Crippen LogP contribution in [-0.2, 0) is 0 Å². The highest BCUT2D eigenvalue weighted by atomic mass is 16.3. The van der Waals surface area contributed by atoms with Gasteiger partial charge in [-0.15, -0.1) is 0 Å². The van der Waals surface area contributed by atoms with Gasteiger partial charge in [-0.3, -0.25) is 0 Å². The minimum absolute atomic E-state index is 0.127. The Labute approximate surface area is 95.2 Å². The lowest BCUT2D eigenvalue weighted by atomic mass is 9.98. The van der Waals surface area contributed by atoms with E-state index >= 15 is 0 Å². The van der Waals surface area contributed by atoms with E-state index in [1.54, 1.807) is 0 Å². The lowest BCUT2D eigenvalue weighted by Gasteiger charge is -2.13. The normalized spacial score (nSPS) is 12.9. The molecule has 2 rings (SSSR count). The Bertz CT molecular complexity index is 460. The molecule has 0 aromatic heterocycles. The van der Waals surface area contributed by atoms with Crippen molar-refractivity contribution in [1.82, 2.24) is 0 Å². The summed E-state index contributed by atoms with van der Waals surface area (Å²) in [5, 5.41) is 21.0. The third-order valence-corrected chi connectivity index (χ3v) is 2.82. The van der Waals surface area contributed by atoms with Crippen molar-refractivity contribution in [2.75, 3.05) is 6.61 Å². The van der Waals surface area contributed by atoms with E-state index in [0.29, 0.717) is 12.8 Å². The summed E-state index contributed by atoms with van der Waals surface area (Å²) in [5.41, 5.74) is 0.951. The summed E-state index contributed by atoms with van der Waals surface area (Å²) in [6, 6.07) is 14.0. The van der Waals surface area contributed by atoms with E-state index in [2.05, 4.69) is 0 Å². The van der Waals surface area contributed by atoms with Gasteiger partial charge in [-0.25, -0.2) is 0 Å². The molecule has 0 bridgehead atoms. The van der Waals surface area contributed by atoms with Gasteiger partial charge in [0.15, 0.2) is 0 Å². The van der Waals surface area contributed by atoms with Crippen molar-refractivity contribution in [3.05, 3.63) is 48.0 Å². The lowest BCUT2D eigenvalue weighted by molar-refractivity contribution is 0.153. The molecule has 16 heavy (non-hydrogen) atoms. The van der Waals surface area contributed by atoms with Crippen LogP contribution in [0.2, 0.25) is 0 Å². The standard InChI is InChI=1S/C14H16O2/c15-10-4-9-14(16)13-8-3-6-11-5-1-2-7-12(11)13/h1-3,5-8,14-16H,4,9-10H2/t14-/m0/s1. The molecule has 2 aromatic carbocycles. The van der Waals surface area contributed by atoms with E-state index in [9.17, 15) is 5.11 Å². The summed E-state index contributed by atoms with van der Waals surface area (Å²) in [7, 11) is 0. The number of hydrogen-bond donors (Lipinski definition) is 2. The van der Waals surface area contributed by atoms with Crippen LogP contribution in [-0.4, -0.2) is 16.8 Å². The first-order valence-corrected chi connectivity index (χ1v) is 5.59. The van der Waals surface area contributed by atoms with E-state index in [0.717, 1.165) is 16.3 Å². The third-order valence-electron chi connectivity index (χ3n) is 2.82. The Morgan fingerprint density at radius 2 is 1.75 bits per heavy atom. The Kier molecular flexibility index (Phi) is 3.54. The summed E-state index contributed by atoms with van der Waals surface area (Å²) in [6.45, 7) is 0.127. The minimum atomic E-state index is -0.488. The molecule has 2 aromatic rings. The first kappa shape index (κ1) is 11.1. The maximum atomic E-state index is 10.0. The fraction of sp³-hybridized carbons (Fsp3) is 0.286. The van der Waals surface area contributed by atoms with Gasteiger partial charge in [-0.05, 0) is 29.2 Å². The fourth-order valence-electron chi connectivity index (χ4n) is 1.98. The van der Waals surface area contributed by atoms with Crippen molar-refractivity contribution in [1.29, 1.82) is 0 Å². The molecule has 2 nitrogen and oxygen atoms in total. The molecule has 2 N–H and O–H groups in total. The predicted octanol–water partition coefficient (Wildman–Crippen LogP) is 2.65. The van der Waals surface area contributed by atoms with Gasteiger partial charge in [0.1, 0.15) is 0 Å². The van der Waals surface area contributed by atoms with Gasteiger partial charge < -0.3 is 10.2 Å². The molecule has 0 saturated heterocycles. The fourth-order valence-corrected chi connectivity index (χ4v) is 1.98. The molecule has 0 aliphatic heterocycles. The van der Waals surface area contributed by atoms with E-state index in [4.69, 9.17) is 5.11 Å². The Morgan fingerprint density at radius 1 is 1.00 bits per heavy atom. The molecule has 0 fully saturated rings. The molecule has 2 heteroatoms. The average molecular weight is 216 g/mol. The average Bonchev–Trinajstić information content (AvgIpc) is 2.35. The van der Waals surface area contributed by atoms with Crippen LogP contribution in [0.4, 0.5) is 0 Å². The van der Waals surface area contributed by atoms with Crippen molar-refractivity contribution in [2.45, 2.75) is 18.9 Å². The Hall–Kier alpha value is -1.38. The summed E-state index contributed by atoms with van der Waals surface area (Å²) in [6.07, 6.45) is 0.743. The molecule has 0 unspecified atom stereocenters. The number of aliphatic hydroxyl groups is 2. The van der Waals surface area contributed by atoms with Gasteiger partial charge in [-0.2, -0.15) is 0 Å².